The number of aromatic nitrogens is 2. The number of hydrogen-bond acceptors (Lipinski definition) is 3. The van der Waals surface area contributed by atoms with E-state index in [2.05, 4.69) is 42.0 Å². The van der Waals surface area contributed by atoms with Crippen molar-refractivity contribution in [2.45, 2.75) is 30.7 Å². The Morgan fingerprint density at radius 1 is 1.06 bits per heavy atom. The molecular formula is C13H13ClN2S. The Morgan fingerprint density at radius 2 is 1.82 bits per heavy atom. The fourth-order valence-electron chi connectivity index (χ4n) is 1.40. The minimum atomic E-state index is 0.293. The summed E-state index contributed by atoms with van der Waals surface area (Å²) in [6.45, 7) is 6.20. The van der Waals surface area contributed by atoms with Gasteiger partial charge in [0.15, 0.2) is 0 Å². The molecule has 2 nitrogen and oxygen atoms in total. The Hall–Kier alpha value is -1.06. The molecule has 0 aliphatic heterocycles. The second kappa shape index (κ2) is 5.07. The number of rotatable bonds is 2. The van der Waals surface area contributed by atoms with E-state index in [0.717, 1.165) is 10.6 Å². The molecule has 0 radical (unpaired) electrons. The maximum absolute atomic E-state index is 5.80. The lowest BCUT2D eigenvalue weighted by Crippen LogP contribution is -1.90. The van der Waals surface area contributed by atoms with Gasteiger partial charge in [-0.15, -0.1) is 0 Å². The monoisotopic (exact) mass is 264 g/mol. The average molecular weight is 265 g/mol. The van der Waals surface area contributed by atoms with Gasteiger partial charge in [-0.2, -0.15) is 0 Å². The van der Waals surface area contributed by atoms with Gasteiger partial charge >= 0.3 is 0 Å². The molecule has 0 amide bonds. The van der Waals surface area contributed by atoms with Crippen molar-refractivity contribution in [1.29, 1.82) is 0 Å². The van der Waals surface area contributed by atoms with Gasteiger partial charge in [0.2, 0.25) is 5.28 Å². The van der Waals surface area contributed by atoms with Gasteiger partial charge in [0.25, 0.3) is 0 Å². The minimum absolute atomic E-state index is 0.293. The zero-order valence-electron chi connectivity index (χ0n) is 9.99. The predicted molar refractivity (Wildman–Crippen MR) is 71.8 cm³/mol. The van der Waals surface area contributed by atoms with Gasteiger partial charge in [-0.25, -0.2) is 9.97 Å². The standard InChI is InChI=1S/C13H13ClN2S/c1-8-4-5-11(6-9(8)2)17-12-10(3)7-15-13(14)16-12/h4-7H,1-3H3. The Labute approximate surface area is 110 Å². The molecule has 0 atom stereocenters. The molecule has 0 saturated heterocycles. The van der Waals surface area contributed by atoms with Crippen LogP contribution in [0.3, 0.4) is 0 Å². The third kappa shape index (κ3) is 2.99. The second-order valence-corrected chi connectivity index (χ2v) is 5.38. The molecule has 0 aliphatic rings. The molecule has 1 heterocycles. The molecule has 1 aromatic heterocycles. The maximum Gasteiger partial charge on any atom is 0.223 e. The third-order valence-corrected chi connectivity index (χ3v) is 3.87. The van der Waals surface area contributed by atoms with E-state index in [1.54, 1.807) is 18.0 Å². The van der Waals surface area contributed by atoms with E-state index < -0.39 is 0 Å². The highest BCUT2D eigenvalue weighted by atomic mass is 35.5. The molecule has 0 N–H and O–H groups in total. The largest absolute Gasteiger partial charge is 0.226 e. The van der Waals surface area contributed by atoms with Crippen LogP contribution in [0.2, 0.25) is 5.28 Å². The van der Waals surface area contributed by atoms with E-state index in [9.17, 15) is 0 Å². The Bertz CT molecular complexity index is 555. The van der Waals surface area contributed by atoms with Crippen LogP contribution >= 0.6 is 23.4 Å². The van der Waals surface area contributed by atoms with E-state index in [4.69, 9.17) is 11.6 Å². The molecular weight excluding hydrogens is 252 g/mol. The molecule has 0 aliphatic carbocycles. The van der Waals surface area contributed by atoms with Crippen LogP contribution in [0.5, 0.6) is 0 Å². The summed E-state index contributed by atoms with van der Waals surface area (Å²) >= 11 is 7.42. The van der Waals surface area contributed by atoms with Crippen LogP contribution in [-0.4, -0.2) is 9.97 Å². The van der Waals surface area contributed by atoms with Crippen LogP contribution in [0.4, 0.5) is 0 Å². The molecule has 0 spiro atoms. The van der Waals surface area contributed by atoms with Gasteiger partial charge in [0, 0.05) is 16.7 Å². The molecule has 0 saturated carbocycles. The van der Waals surface area contributed by atoms with Gasteiger partial charge in [0.1, 0.15) is 5.03 Å². The van der Waals surface area contributed by atoms with Crippen molar-refractivity contribution in [3.05, 3.63) is 46.4 Å². The summed E-state index contributed by atoms with van der Waals surface area (Å²) in [6.07, 6.45) is 1.75. The molecule has 0 bridgehead atoms. The van der Waals surface area contributed by atoms with Crippen LogP contribution in [0, 0.1) is 20.8 Å². The molecule has 0 fully saturated rings. The number of benzene rings is 1. The summed E-state index contributed by atoms with van der Waals surface area (Å²) in [6, 6.07) is 6.38. The van der Waals surface area contributed by atoms with E-state index in [0.29, 0.717) is 5.28 Å². The lowest BCUT2D eigenvalue weighted by molar-refractivity contribution is 1.00. The molecule has 2 rings (SSSR count). The van der Waals surface area contributed by atoms with E-state index in [1.165, 1.54) is 16.0 Å². The highest BCUT2D eigenvalue weighted by Gasteiger charge is 2.05. The van der Waals surface area contributed by atoms with E-state index >= 15 is 0 Å². The maximum atomic E-state index is 5.80. The smallest absolute Gasteiger partial charge is 0.223 e. The van der Waals surface area contributed by atoms with Crippen molar-refractivity contribution in [2.24, 2.45) is 0 Å². The summed E-state index contributed by atoms with van der Waals surface area (Å²) < 4.78 is 0. The summed E-state index contributed by atoms with van der Waals surface area (Å²) in [4.78, 5) is 9.36. The zero-order chi connectivity index (χ0) is 12.4. The number of halogens is 1. The molecule has 88 valence electrons. The van der Waals surface area contributed by atoms with Crippen molar-refractivity contribution in [2.75, 3.05) is 0 Å². The van der Waals surface area contributed by atoms with Gasteiger partial charge in [-0.1, -0.05) is 17.8 Å². The second-order valence-electron chi connectivity index (χ2n) is 3.98. The van der Waals surface area contributed by atoms with Crippen molar-refractivity contribution in [3.63, 3.8) is 0 Å². The first-order chi connectivity index (χ1) is 8.06. The Morgan fingerprint density at radius 3 is 2.53 bits per heavy atom. The van der Waals surface area contributed by atoms with Gasteiger partial charge in [0.05, 0.1) is 0 Å². The van der Waals surface area contributed by atoms with Gasteiger partial charge in [-0.3, -0.25) is 0 Å². The minimum Gasteiger partial charge on any atom is -0.226 e. The predicted octanol–water partition coefficient (Wildman–Crippen LogP) is 4.21. The van der Waals surface area contributed by atoms with Crippen molar-refractivity contribution in [3.8, 4) is 0 Å². The summed E-state index contributed by atoms with van der Waals surface area (Å²) in [5, 5.41) is 1.20. The van der Waals surface area contributed by atoms with Crippen LogP contribution in [0.15, 0.2) is 34.3 Å². The molecule has 2 aromatic rings. The summed E-state index contributed by atoms with van der Waals surface area (Å²) in [7, 11) is 0. The van der Waals surface area contributed by atoms with E-state index in [-0.39, 0.29) is 0 Å². The number of aryl methyl sites for hydroxylation is 3. The molecule has 17 heavy (non-hydrogen) atoms. The Balaban J connectivity index is 2.31. The molecule has 4 heteroatoms. The normalized spacial score (nSPS) is 10.6. The number of nitrogens with zero attached hydrogens (tertiary/aromatic N) is 2. The lowest BCUT2D eigenvalue weighted by atomic mass is 10.1. The average Bonchev–Trinajstić information content (AvgIpc) is 2.29. The number of hydrogen-bond donors (Lipinski definition) is 0. The zero-order valence-corrected chi connectivity index (χ0v) is 11.6. The molecule has 1 aromatic carbocycles. The fourth-order valence-corrected chi connectivity index (χ4v) is 2.52. The highest BCUT2D eigenvalue weighted by molar-refractivity contribution is 7.99. The van der Waals surface area contributed by atoms with Crippen LogP contribution in [0.25, 0.3) is 0 Å². The SMILES string of the molecule is Cc1ccc(Sc2nc(Cl)ncc2C)cc1C. The topological polar surface area (TPSA) is 25.8 Å². The van der Waals surface area contributed by atoms with Gasteiger partial charge < -0.3 is 0 Å². The first-order valence-corrected chi connectivity index (χ1v) is 6.50. The first-order valence-electron chi connectivity index (χ1n) is 5.30. The quantitative estimate of drug-likeness (QED) is 0.600. The van der Waals surface area contributed by atoms with Crippen LogP contribution in [-0.2, 0) is 0 Å². The van der Waals surface area contributed by atoms with Crippen LogP contribution in [0.1, 0.15) is 16.7 Å². The van der Waals surface area contributed by atoms with Crippen molar-refractivity contribution >= 4 is 23.4 Å². The van der Waals surface area contributed by atoms with Crippen molar-refractivity contribution < 1.29 is 0 Å². The summed E-state index contributed by atoms with van der Waals surface area (Å²) in [5.74, 6) is 0. The first kappa shape index (κ1) is 12.4. The third-order valence-electron chi connectivity index (χ3n) is 2.59. The molecule has 0 unspecified atom stereocenters. The van der Waals surface area contributed by atoms with Crippen LogP contribution < -0.4 is 0 Å². The lowest BCUT2D eigenvalue weighted by Gasteiger charge is -2.06. The van der Waals surface area contributed by atoms with Crippen molar-refractivity contribution in [1.82, 2.24) is 9.97 Å². The highest BCUT2D eigenvalue weighted by Crippen LogP contribution is 2.30. The Kier molecular flexibility index (Phi) is 3.69. The van der Waals surface area contributed by atoms with E-state index in [1.807, 2.05) is 6.92 Å². The summed E-state index contributed by atoms with van der Waals surface area (Å²) in [5.41, 5.74) is 3.62. The fraction of sp³-hybridized carbons (Fsp3) is 0.231. The van der Waals surface area contributed by atoms with Gasteiger partial charge in [-0.05, 0) is 55.6 Å².